The first kappa shape index (κ1) is 13.1. The van der Waals surface area contributed by atoms with Crippen LogP contribution in [0.1, 0.15) is 30.9 Å². The fourth-order valence-corrected chi connectivity index (χ4v) is 1.60. The van der Waals surface area contributed by atoms with Gasteiger partial charge in [0.25, 0.3) is 0 Å². The van der Waals surface area contributed by atoms with Gasteiger partial charge in [0.05, 0.1) is 13.2 Å². The van der Waals surface area contributed by atoms with Crippen LogP contribution in [0.4, 0.5) is 0 Å². The first-order chi connectivity index (χ1) is 8.31. The molecule has 0 spiro atoms. The number of carbonyl (C=O) groups excluding carboxylic acids is 1. The quantitative estimate of drug-likeness (QED) is 0.238. The Morgan fingerprint density at radius 2 is 2.41 bits per heavy atom. The highest BCUT2D eigenvalue weighted by Crippen LogP contribution is 2.26. The second-order valence-electron chi connectivity index (χ2n) is 3.59. The molecule has 0 aliphatic heterocycles. The molecule has 17 heavy (non-hydrogen) atoms. The minimum Gasteiger partial charge on any atom is -0.497 e. The Morgan fingerprint density at radius 1 is 1.59 bits per heavy atom. The van der Waals surface area contributed by atoms with Crippen LogP contribution in [-0.4, -0.2) is 13.4 Å². The summed E-state index contributed by atoms with van der Waals surface area (Å²) >= 11 is 0. The van der Waals surface area contributed by atoms with Crippen LogP contribution in [0, 0.1) is 0 Å². The molecule has 5 heteroatoms. The van der Waals surface area contributed by atoms with E-state index in [2.05, 4.69) is 10.0 Å². The van der Waals surface area contributed by atoms with Crippen molar-refractivity contribution >= 4 is 6.29 Å². The number of rotatable bonds is 7. The Balaban J connectivity index is 2.80. The number of benzene rings is 1. The number of carbonyl (C=O) groups is 1. The standard InChI is InChI=1S/C12H15N3O2/c1-17-11-6-4-5-10(9-11)12(14-15-13)7-2-3-8-16/h4-6,8-9,12H,2-3,7H2,1H3. The van der Waals surface area contributed by atoms with Gasteiger partial charge in [-0.05, 0) is 36.1 Å². The van der Waals surface area contributed by atoms with Gasteiger partial charge < -0.3 is 9.53 Å². The summed E-state index contributed by atoms with van der Waals surface area (Å²) in [6.07, 6.45) is 2.74. The van der Waals surface area contributed by atoms with Crippen LogP contribution in [0.25, 0.3) is 10.4 Å². The van der Waals surface area contributed by atoms with Crippen molar-refractivity contribution in [1.29, 1.82) is 0 Å². The zero-order valence-electron chi connectivity index (χ0n) is 9.74. The predicted octanol–water partition coefficient (Wildman–Crippen LogP) is 3.42. The summed E-state index contributed by atoms with van der Waals surface area (Å²) in [5.41, 5.74) is 9.45. The molecule has 0 aliphatic carbocycles. The van der Waals surface area contributed by atoms with Crippen molar-refractivity contribution in [3.05, 3.63) is 40.3 Å². The molecule has 0 N–H and O–H groups in total. The predicted molar refractivity (Wildman–Crippen MR) is 64.8 cm³/mol. The molecule has 90 valence electrons. The molecule has 0 radical (unpaired) electrons. The molecule has 0 fully saturated rings. The zero-order chi connectivity index (χ0) is 12.5. The first-order valence-electron chi connectivity index (χ1n) is 5.43. The van der Waals surface area contributed by atoms with E-state index in [-0.39, 0.29) is 6.04 Å². The Kier molecular flexibility index (Phi) is 5.61. The van der Waals surface area contributed by atoms with Crippen molar-refractivity contribution in [2.45, 2.75) is 25.3 Å². The molecule has 1 aromatic carbocycles. The van der Waals surface area contributed by atoms with Gasteiger partial charge in [-0.15, -0.1) is 0 Å². The minimum atomic E-state index is -0.241. The van der Waals surface area contributed by atoms with E-state index in [1.165, 1.54) is 0 Å². The maximum absolute atomic E-state index is 10.3. The van der Waals surface area contributed by atoms with Crippen LogP contribution >= 0.6 is 0 Å². The molecule has 0 heterocycles. The highest BCUT2D eigenvalue weighted by molar-refractivity contribution is 5.49. The van der Waals surface area contributed by atoms with Gasteiger partial charge in [-0.25, -0.2) is 0 Å². The normalized spacial score (nSPS) is 11.4. The summed E-state index contributed by atoms with van der Waals surface area (Å²) in [6, 6.07) is 7.19. The number of methoxy groups -OCH3 is 1. The van der Waals surface area contributed by atoms with E-state index in [9.17, 15) is 4.79 Å². The fourth-order valence-electron chi connectivity index (χ4n) is 1.60. The van der Waals surface area contributed by atoms with E-state index in [0.717, 1.165) is 17.6 Å². The lowest BCUT2D eigenvalue weighted by atomic mass is 10.0. The summed E-state index contributed by atoms with van der Waals surface area (Å²) in [6.45, 7) is 0. The number of unbranched alkanes of at least 4 members (excludes halogenated alkanes) is 1. The van der Waals surface area contributed by atoms with Crippen LogP contribution in [-0.2, 0) is 4.79 Å². The van der Waals surface area contributed by atoms with Crippen LogP contribution in [0.15, 0.2) is 29.4 Å². The van der Waals surface area contributed by atoms with Crippen LogP contribution < -0.4 is 4.74 Å². The molecule has 0 bridgehead atoms. The largest absolute Gasteiger partial charge is 0.497 e. The molecule has 1 aromatic rings. The molecule has 0 aromatic heterocycles. The molecule has 0 amide bonds. The van der Waals surface area contributed by atoms with E-state index in [1.807, 2.05) is 24.3 Å². The topological polar surface area (TPSA) is 75.1 Å². The van der Waals surface area contributed by atoms with Gasteiger partial charge >= 0.3 is 0 Å². The van der Waals surface area contributed by atoms with Crippen LogP contribution in [0.2, 0.25) is 0 Å². The Bertz CT molecular complexity index is 414. The third-order valence-electron chi connectivity index (χ3n) is 2.47. The zero-order valence-corrected chi connectivity index (χ0v) is 9.74. The molecule has 0 saturated carbocycles. The molecule has 5 nitrogen and oxygen atoms in total. The maximum Gasteiger partial charge on any atom is 0.119 e. The second-order valence-corrected chi connectivity index (χ2v) is 3.59. The summed E-state index contributed by atoms with van der Waals surface area (Å²) in [4.78, 5) is 13.1. The van der Waals surface area contributed by atoms with Gasteiger partial charge in [0.2, 0.25) is 0 Å². The van der Waals surface area contributed by atoms with Crippen molar-refractivity contribution in [2.24, 2.45) is 5.11 Å². The lowest BCUT2D eigenvalue weighted by Crippen LogP contribution is -1.96. The monoisotopic (exact) mass is 233 g/mol. The third kappa shape index (κ3) is 4.17. The SMILES string of the molecule is COc1cccc(C(CCCC=O)N=[N+]=[N-])c1. The summed E-state index contributed by atoms with van der Waals surface area (Å²) < 4.78 is 5.12. The van der Waals surface area contributed by atoms with E-state index in [4.69, 9.17) is 10.3 Å². The number of aldehydes is 1. The van der Waals surface area contributed by atoms with E-state index >= 15 is 0 Å². The number of hydrogen-bond acceptors (Lipinski definition) is 3. The average Bonchev–Trinajstić information content (AvgIpc) is 2.38. The van der Waals surface area contributed by atoms with Crippen molar-refractivity contribution in [3.8, 4) is 5.75 Å². The van der Waals surface area contributed by atoms with Gasteiger partial charge in [-0.1, -0.05) is 17.2 Å². The molecule has 0 saturated heterocycles. The molecule has 1 unspecified atom stereocenters. The highest BCUT2D eigenvalue weighted by Gasteiger charge is 2.09. The fraction of sp³-hybridized carbons (Fsp3) is 0.417. The van der Waals surface area contributed by atoms with Crippen molar-refractivity contribution in [2.75, 3.05) is 7.11 Å². The Hall–Kier alpha value is -2.00. The van der Waals surface area contributed by atoms with E-state index in [1.54, 1.807) is 7.11 Å². The summed E-state index contributed by atoms with van der Waals surface area (Å²) in [5.74, 6) is 0.732. The van der Waals surface area contributed by atoms with Crippen molar-refractivity contribution in [3.63, 3.8) is 0 Å². The average molecular weight is 233 g/mol. The summed E-state index contributed by atoms with van der Waals surface area (Å²) in [7, 11) is 1.59. The van der Waals surface area contributed by atoms with Crippen molar-refractivity contribution < 1.29 is 9.53 Å². The summed E-state index contributed by atoms with van der Waals surface area (Å²) in [5, 5.41) is 3.75. The lowest BCUT2D eigenvalue weighted by molar-refractivity contribution is -0.107. The van der Waals surface area contributed by atoms with Gasteiger partial charge in [0.1, 0.15) is 12.0 Å². The Morgan fingerprint density at radius 3 is 3.06 bits per heavy atom. The maximum atomic E-state index is 10.3. The van der Waals surface area contributed by atoms with Gasteiger partial charge in [-0.3, -0.25) is 0 Å². The third-order valence-corrected chi connectivity index (χ3v) is 2.47. The van der Waals surface area contributed by atoms with E-state index in [0.29, 0.717) is 19.3 Å². The second kappa shape index (κ2) is 7.30. The molecular weight excluding hydrogens is 218 g/mol. The van der Waals surface area contributed by atoms with Crippen LogP contribution in [0.3, 0.4) is 0 Å². The molecular formula is C12H15N3O2. The molecule has 1 atom stereocenters. The smallest absolute Gasteiger partial charge is 0.119 e. The number of azide groups is 1. The molecule has 0 aliphatic rings. The lowest BCUT2D eigenvalue weighted by Gasteiger charge is -2.11. The number of nitrogens with zero attached hydrogens (tertiary/aromatic N) is 3. The number of hydrogen-bond donors (Lipinski definition) is 0. The highest BCUT2D eigenvalue weighted by atomic mass is 16.5. The first-order valence-corrected chi connectivity index (χ1v) is 5.43. The minimum absolute atomic E-state index is 0.241. The van der Waals surface area contributed by atoms with Crippen LogP contribution in [0.5, 0.6) is 5.75 Å². The Labute approximate surface area is 100 Å². The van der Waals surface area contributed by atoms with Gasteiger partial charge in [0, 0.05) is 11.3 Å². The molecule has 1 rings (SSSR count). The van der Waals surface area contributed by atoms with Gasteiger partial charge in [0.15, 0.2) is 0 Å². The number of ether oxygens (including phenoxy) is 1. The van der Waals surface area contributed by atoms with Gasteiger partial charge in [-0.2, -0.15) is 0 Å². The van der Waals surface area contributed by atoms with E-state index < -0.39 is 0 Å². The van der Waals surface area contributed by atoms with Crippen molar-refractivity contribution in [1.82, 2.24) is 0 Å².